The minimum atomic E-state index is 0.823. The zero-order chi connectivity index (χ0) is 11.5. The molecule has 0 aromatic rings. The van der Waals surface area contributed by atoms with Crippen molar-refractivity contribution in [2.24, 2.45) is 5.73 Å². The van der Waals surface area contributed by atoms with Crippen LogP contribution < -0.4 is 21.7 Å². The van der Waals surface area contributed by atoms with E-state index in [1.54, 1.807) is 0 Å². The molecule has 5 N–H and O–H groups in total. The van der Waals surface area contributed by atoms with E-state index in [1.165, 1.54) is 19.6 Å². The Balaban J connectivity index is 0.000000181. The summed E-state index contributed by atoms with van der Waals surface area (Å²) in [4.78, 5) is 2.46. The van der Waals surface area contributed by atoms with Gasteiger partial charge in [0.2, 0.25) is 0 Å². The van der Waals surface area contributed by atoms with Crippen molar-refractivity contribution < 1.29 is 0 Å². The Morgan fingerprint density at radius 2 is 1.31 bits per heavy atom. The molecule has 16 heavy (non-hydrogen) atoms. The van der Waals surface area contributed by atoms with Crippen LogP contribution in [-0.4, -0.2) is 70.3 Å². The molecule has 2 aliphatic heterocycles. The van der Waals surface area contributed by atoms with Gasteiger partial charge in [0, 0.05) is 52.4 Å². The fourth-order valence-corrected chi connectivity index (χ4v) is 1.85. The monoisotopic (exact) mass is 229 g/mol. The van der Waals surface area contributed by atoms with Crippen LogP contribution in [-0.2, 0) is 0 Å². The number of hydrogen-bond donors (Lipinski definition) is 4. The smallest absolute Gasteiger partial charge is 0.0107 e. The lowest BCUT2D eigenvalue weighted by molar-refractivity contribution is 0.240. The van der Waals surface area contributed by atoms with Crippen molar-refractivity contribution in [3.8, 4) is 0 Å². The summed E-state index contributed by atoms with van der Waals surface area (Å²) < 4.78 is 0. The van der Waals surface area contributed by atoms with E-state index in [2.05, 4.69) is 20.9 Å². The highest BCUT2D eigenvalue weighted by molar-refractivity contribution is 4.66. The van der Waals surface area contributed by atoms with Gasteiger partial charge in [-0.05, 0) is 19.5 Å². The molecule has 0 aromatic carbocycles. The fraction of sp³-hybridized carbons (Fsp3) is 1.00. The first-order chi connectivity index (χ1) is 7.93. The largest absolute Gasteiger partial charge is 0.330 e. The average Bonchev–Trinajstić information content (AvgIpc) is 2.40. The minimum absolute atomic E-state index is 0.823. The van der Waals surface area contributed by atoms with E-state index in [9.17, 15) is 0 Å². The summed E-state index contributed by atoms with van der Waals surface area (Å²) in [5.74, 6) is 0. The van der Waals surface area contributed by atoms with E-state index >= 15 is 0 Å². The topological polar surface area (TPSA) is 65.3 Å². The zero-order valence-electron chi connectivity index (χ0n) is 10.3. The van der Waals surface area contributed by atoms with Gasteiger partial charge in [0.05, 0.1) is 0 Å². The minimum Gasteiger partial charge on any atom is -0.330 e. The van der Waals surface area contributed by atoms with Crippen LogP contribution in [0.2, 0.25) is 0 Å². The first-order valence-corrected chi connectivity index (χ1v) is 6.48. The normalized spacial score (nSPS) is 22.3. The molecule has 0 spiro atoms. The molecule has 2 fully saturated rings. The van der Waals surface area contributed by atoms with Gasteiger partial charge < -0.3 is 26.6 Å². The molecule has 0 amide bonds. The van der Waals surface area contributed by atoms with Crippen LogP contribution in [0.1, 0.15) is 6.42 Å². The third-order valence-corrected chi connectivity index (χ3v) is 2.85. The molecule has 0 aliphatic carbocycles. The van der Waals surface area contributed by atoms with Crippen molar-refractivity contribution in [1.82, 2.24) is 20.9 Å². The average molecular weight is 229 g/mol. The van der Waals surface area contributed by atoms with Gasteiger partial charge in [-0.15, -0.1) is 0 Å². The number of nitrogens with one attached hydrogen (secondary N) is 3. The molecule has 0 unspecified atom stereocenters. The highest BCUT2D eigenvalue weighted by Gasteiger charge is 2.07. The van der Waals surface area contributed by atoms with Crippen LogP contribution >= 0.6 is 0 Å². The molecule has 2 saturated heterocycles. The van der Waals surface area contributed by atoms with Gasteiger partial charge in [0.25, 0.3) is 0 Å². The number of nitrogens with zero attached hydrogens (tertiary/aromatic N) is 1. The number of nitrogens with two attached hydrogens (primary N) is 1. The Bertz CT molecular complexity index is 132. The highest BCUT2D eigenvalue weighted by atomic mass is 15.2. The van der Waals surface area contributed by atoms with Gasteiger partial charge in [0.1, 0.15) is 0 Å². The Labute approximate surface area is 99.1 Å². The Hall–Kier alpha value is -0.200. The van der Waals surface area contributed by atoms with Gasteiger partial charge in [-0.3, -0.25) is 0 Å². The van der Waals surface area contributed by atoms with Crippen molar-refractivity contribution >= 4 is 0 Å². The Kier molecular flexibility index (Phi) is 8.65. The SMILES string of the molecule is C1CNCCN1.NCCCN1CCNCC1. The fourth-order valence-electron chi connectivity index (χ4n) is 1.85. The quantitative estimate of drug-likeness (QED) is 0.470. The number of hydrogen-bond acceptors (Lipinski definition) is 5. The molecular formula is C11H27N5. The zero-order valence-corrected chi connectivity index (χ0v) is 10.3. The molecule has 5 nitrogen and oxygen atoms in total. The Morgan fingerprint density at radius 1 is 0.812 bits per heavy atom. The van der Waals surface area contributed by atoms with Crippen LogP contribution in [0.15, 0.2) is 0 Å². The summed E-state index contributed by atoms with van der Waals surface area (Å²) in [5, 5.41) is 9.76. The predicted octanol–water partition coefficient (Wildman–Crippen LogP) is -1.58. The molecule has 0 aromatic heterocycles. The lowest BCUT2D eigenvalue weighted by atomic mass is 10.3. The summed E-state index contributed by atoms with van der Waals surface area (Å²) in [6.45, 7) is 11.2. The van der Waals surface area contributed by atoms with Crippen molar-refractivity contribution in [3.63, 3.8) is 0 Å². The van der Waals surface area contributed by atoms with E-state index in [1.807, 2.05) is 0 Å². The molecule has 0 radical (unpaired) electrons. The summed E-state index contributed by atoms with van der Waals surface area (Å²) in [5.41, 5.74) is 5.40. The first kappa shape index (κ1) is 13.9. The van der Waals surface area contributed by atoms with E-state index in [0.29, 0.717) is 0 Å². The summed E-state index contributed by atoms with van der Waals surface area (Å²) in [6.07, 6.45) is 1.14. The van der Waals surface area contributed by atoms with Crippen molar-refractivity contribution in [3.05, 3.63) is 0 Å². The summed E-state index contributed by atoms with van der Waals surface area (Å²) in [7, 11) is 0. The maximum atomic E-state index is 5.40. The van der Waals surface area contributed by atoms with Gasteiger partial charge in [-0.25, -0.2) is 0 Å². The van der Waals surface area contributed by atoms with E-state index in [-0.39, 0.29) is 0 Å². The molecule has 2 aliphatic rings. The molecule has 0 saturated carbocycles. The van der Waals surface area contributed by atoms with Crippen LogP contribution in [0.4, 0.5) is 0 Å². The van der Waals surface area contributed by atoms with Crippen LogP contribution in [0.3, 0.4) is 0 Å². The molecule has 2 rings (SSSR count). The molecule has 96 valence electrons. The number of piperazine rings is 2. The third kappa shape index (κ3) is 7.14. The maximum Gasteiger partial charge on any atom is 0.0107 e. The molecule has 2 heterocycles. The summed E-state index contributed by atoms with van der Waals surface area (Å²) in [6, 6.07) is 0. The second-order valence-electron chi connectivity index (χ2n) is 4.23. The van der Waals surface area contributed by atoms with E-state index in [4.69, 9.17) is 5.73 Å². The van der Waals surface area contributed by atoms with Gasteiger partial charge in [0.15, 0.2) is 0 Å². The molecular weight excluding hydrogens is 202 g/mol. The molecule has 5 heteroatoms. The predicted molar refractivity (Wildman–Crippen MR) is 68.7 cm³/mol. The Morgan fingerprint density at radius 3 is 1.75 bits per heavy atom. The third-order valence-electron chi connectivity index (χ3n) is 2.85. The lowest BCUT2D eigenvalue weighted by Crippen LogP contribution is -2.44. The maximum absolute atomic E-state index is 5.40. The van der Waals surface area contributed by atoms with Crippen LogP contribution in [0, 0.1) is 0 Å². The van der Waals surface area contributed by atoms with Crippen molar-refractivity contribution in [2.45, 2.75) is 6.42 Å². The highest BCUT2D eigenvalue weighted by Crippen LogP contribution is 1.92. The second kappa shape index (κ2) is 9.99. The molecule has 0 bridgehead atoms. The lowest BCUT2D eigenvalue weighted by Gasteiger charge is -2.26. The molecule has 0 atom stereocenters. The second-order valence-corrected chi connectivity index (χ2v) is 4.23. The van der Waals surface area contributed by atoms with Gasteiger partial charge in [-0.1, -0.05) is 0 Å². The summed E-state index contributed by atoms with van der Waals surface area (Å²) >= 11 is 0. The van der Waals surface area contributed by atoms with Crippen molar-refractivity contribution in [1.29, 1.82) is 0 Å². The first-order valence-electron chi connectivity index (χ1n) is 6.48. The van der Waals surface area contributed by atoms with Crippen LogP contribution in [0.25, 0.3) is 0 Å². The number of rotatable bonds is 3. The van der Waals surface area contributed by atoms with Gasteiger partial charge >= 0.3 is 0 Å². The van der Waals surface area contributed by atoms with Crippen molar-refractivity contribution in [2.75, 3.05) is 65.4 Å². The van der Waals surface area contributed by atoms with E-state index in [0.717, 1.165) is 52.2 Å². The van der Waals surface area contributed by atoms with Gasteiger partial charge in [-0.2, -0.15) is 0 Å². The van der Waals surface area contributed by atoms with Crippen LogP contribution in [0.5, 0.6) is 0 Å². The standard InChI is InChI=1S/C7H17N3.C4H10N2/c8-2-1-5-10-6-3-9-4-7-10;1-2-6-4-3-5-1/h9H,1-8H2;5-6H,1-4H2. The van der Waals surface area contributed by atoms with E-state index < -0.39 is 0 Å².